The summed E-state index contributed by atoms with van der Waals surface area (Å²) in [4.78, 5) is 11.0. The molecule has 0 aromatic heterocycles. The van der Waals surface area contributed by atoms with Crippen molar-refractivity contribution in [3.05, 3.63) is 65.0 Å². The van der Waals surface area contributed by atoms with Crippen LogP contribution >= 0.6 is 11.6 Å². The quantitative estimate of drug-likeness (QED) is 0.0522. The molecule has 0 amide bonds. The van der Waals surface area contributed by atoms with Gasteiger partial charge in [0.2, 0.25) is 10.0 Å². The number of unbranched alkanes of at least 4 members (excludes halogenated alkanes) is 12. The van der Waals surface area contributed by atoms with E-state index in [2.05, 4.69) is 29.1 Å². The fraction of sp³-hybridized carbons (Fsp3) is 0.571. The molecular weight excluding hydrogens is 612 g/mol. The van der Waals surface area contributed by atoms with E-state index in [1.54, 1.807) is 6.92 Å². The van der Waals surface area contributed by atoms with Gasteiger partial charge in [-0.15, -0.1) is 0 Å². The third-order valence-electron chi connectivity index (χ3n) is 7.41. The molecule has 2 aromatic rings. The Morgan fingerprint density at radius 1 is 0.867 bits per heavy atom. The summed E-state index contributed by atoms with van der Waals surface area (Å²) in [5.41, 5.74) is 1.47. The minimum atomic E-state index is -3.83. The summed E-state index contributed by atoms with van der Waals surface area (Å²) in [6, 6.07) is 12.3. The lowest BCUT2D eigenvalue weighted by molar-refractivity contribution is -0.131. The van der Waals surface area contributed by atoms with Crippen LogP contribution in [0.25, 0.3) is 0 Å². The molecule has 2 rings (SSSR count). The second-order valence-electron chi connectivity index (χ2n) is 11.3. The van der Waals surface area contributed by atoms with Crippen LogP contribution in [-0.2, 0) is 26.0 Å². The van der Waals surface area contributed by atoms with Crippen LogP contribution in [0.1, 0.15) is 109 Å². The topological polar surface area (TPSA) is 114 Å². The summed E-state index contributed by atoms with van der Waals surface area (Å²) < 4.78 is 39.5. The maximum atomic E-state index is 12.9. The number of halogens is 1. The number of benzene rings is 2. The number of aryl methyl sites for hydroxylation is 1. The van der Waals surface area contributed by atoms with Gasteiger partial charge < -0.3 is 19.9 Å². The Balaban J connectivity index is 1.66. The van der Waals surface area contributed by atoms with E-state index in [9.17, 15) is 13.2 Å². The van der Waals surface area contributed by atoms with Crippen LogP contribution in [0.3, 0.4) is 0 Å². The Morgan fingerprint density at radius 2 is 1.51 bits per heavy atom. The third kappa shape index (κ3) is 16.9. The Morgan fingerprint density at radius 3 is 2.13 bits per heavy atom. The average Bonchev–Trinajstić information content (AvgIpc) is 3.00. The normalized spacial score (nSPS) is 11.8. The molecule has 0 aliphatic carbocycles. The minimum Gasteiger partial charge on any atom is -0.494 e. The average molecular weight is 665 g/mol. The summed E-state index contributed by atoms with van der Waals surface area (Å²) in [6.45, 7) is 4.74. The molecule has 8 nitrogen and oxygen atoms in total. The first kappa shape index (κ1) is 38.4. The van der Waals surface area contributed by atoms with Crippen molar-refractivity contribution in [3.63, 3.8) is 0 Å². The highest BCUT2D eigenvalue weighted by Gasteiger charge is 2.16. The largest absolute Gasteiger partial charge is 0.494 e. The number of sulfonamides is 1. The Labute approximate surface area is 276 Å². The van der Waals surface area contributed by atoms with Crippen molar-refractivity contribution in [1.82, 2.24) is 4.72 Å². The zero-order valence-corrected chi connectivity index (χ0v) is 28.7. The lowest BCUT2D eigenvalue weighted by atomic mass is 10.0. The summed E-state index contributed by atoms with van der Waals surface area (Å²) in [5.74, 6) is -0.478. The van der Waals surface area contributed by atoms with Gasteiger partial charge in [-0.2, -0.15) is 0 Å². The van der Waals surface area contributed by atoms with E-state index in [4.69, 9.17) is 26.2 Å². The second-order valence-corrected chi connectivity index (χ2v) is 13.5. The van der Waals surface area contributed by atoms with Crippen LogP contribution < -0.4 is 14.8 Å². The van der Waals surface area contributed by atoms with Crippen LogP contribution in [0.4, 0.5) is 5.69 Å². The van der Waals surface area contributed by atoms with Crippen LogP contribution in [0.2, 0.25) is 5.02 Å². The first-order chi connectivity index (χ1) is 21.7. The number of aliphatic carboxylic acids is 1. The molecule has 0 unspecified atom stereocenters. The molecule has 0 aliphatic heterocycles. The van der Waals surface area contributed by atoms with Gasteiger partial charge in [-0.05, 0) is 62.1 Å². The predicted octanol–water partition coefficient (Wildman–Crippen LogP) is 9.10. The third-order valence-corrected chi connectivity index (χ3v) is 9.20. The number of carbonyl (C=O) groups is 1. The molecule has 2 aromatic carbocycles. The molecule has 0 saturated carbocycles. The summed E-state index contributed by atoms with van der Waals surface area (Å²) in [5, 5.41) is 12.0. The highest BCUT2D eigenvalue weighted by molar-refractivity contribution is 7.89. The fourth-order valence-corrected chi connectivity index (χ4v) is 6.24. The van der Waals surface area contributed by atoms with E-state index in [0.29, 0.717) is 13.0 Å². The van der Waals surface area contributed by atoms with Gasteiger partial charge in [0.25, 0.3) is 0 Å². The molecule has 0 heterocycles. The highest BCUT2D eigenvalue weighted by Crippen LogP contribution is 2.27. The van der Waals surface area contributed by atoms with Crippen molar-refractivity contribution >= 4 is 33.3 Å². The van der Waals surface area contributed by atoms with Crippen molar-refractivity contribution < 1.29 is 27.8 Å². The molecule has 0 aliphatic rings. The van der Waals surface area contributed by atoms with Crippen LogP contribution in [0.15, 0.2) is 59.3 Å². The zero-order valence-electron chi connectivity index (χ0n) is 27.1. The molecule has 252 valence electrons. The van der Waals surface area contributed by atoms with Gasteiger partial charge >= 0.3 is 5.97 Å². The minimum absolute atomic E-state index is 0.0117. The Kier molecular flexibility index (Phi) is 19.4. The summed E-state index contributed by atoms with van der Waals surface area (Å²) >= 11 is 6.20. The number of rotatable bonds is 26. The van der Waals surface area contributed by atoms with E-state index < -0.39 is 16.0 Å². The number of hydrogen-bond acceptors (Lipinski definition) is 6. The maximum absolute atomic E-state index is 12.9. The van der Waals surface area contributed by atoms with Gasteiger partial charge in [-0.3, -0.25) is 0 Å². The van der Waals surface area contributed by atoms with Gasteiger partial charge in [0.15, 0.2) is 5.88 Å². The van der Waals surface area contributed by atoms with Crippen molar-refractivity contribution in [2.45, 2.75) is 115 Å². The zero-order chi connectivity index (χ0) is 32.8. The molecule has 0 fully saturated rings. The van der Waals surface area contributed by atoms with E-state index in [-0.39, 0.29) is 34.6 Å². The molecular formula is C35H53ClN2O6S. The van der Waals surface area contributed by atoms with Crippen LogP contribution in [0.5, 0.6) is 5.75 Å². The van der Waals surface area contributed by atoms with Crippen LogP contribution in [-0.4, -0.2) is 39.3 Å². The van der Waals surface area contributed by atoms with E-state index >= 15 is 0 Å². The van der Waals surface area contributed by atoms with Crippen molar-refractivity contribution in [2.24, 2.45) is 0 Å². The number of anilines is 1. The molecule has 0 atom stereocenters. The van der Waals surface area contributed by atoms with Gasteiger partial charge in [0.05, 0.1) is 34.9 Å². The van der Waals surface area contributed by atoms with Crippen molar-refractivity contribution in [3.8, 4) is 5.75 Å². The van der Waals surface area contributed by atoms with Gasteiger partial charge in [-0.1, -0.05) is 108 Å². The smallest absolute Gasteiger partial charge is 0.333 e. The number of carboxylic acid groups (broad SMARTS) is 1. The predicted molar refractivity (Wildman–Crippen MR) is 184 cm³/mol. The monoisotopic (exact) mass is 664 g/mol. The second kappa shape index (κ2) is 22.7. The van der Waals surface area contributed by atoms with E-state index in [1.807, 2.05) is 12.1 Å². The molecule has 45 heavy (non-hydrogen) atoms. The molecule has 0 radical (unpaired) electrons. The van der Waals surface area contributed by atoms with Gasteiger partial charge in [0, 0.05) is 6.54 Å². The maximum Gasteiger partial charge on any atom is 0.333 e. The fourth-order valence-electron chi connectivity index (χ4n) is 4.97. The molecule has 0 saturated heterocycles. The molecule has 0 spiro atoms. The van der Waals surface area contributed by atoms with Crippen molar-refractivity contribution in [1.29, 1.82) is 0 Å². The lowest BCUT2D eigenvalue weighted by Gasteiger charge is -2.14. The van der Waals surface area contributed by atoms with Crippen molar-refractivity contribution in [2.75, 3.05) is 25.1 Å². The summed E-state index contributed by atoms with van der Waals surface area (Å²) in [6.07, 6.45) is 19.8. The number of nitrogens with one attached hydrogen (secondary N) is 2. The Bertz CT molecular complexity index is 1270. The summed E-state index contributed by atoms with van der Waals surface area (Å²) in [7, 11) is -3.83. The van der Waals surface area contributed by atoms with Gasteiger partial charge in [0.1, 0.15) is 5.75 Å². The van der Waals surface area contributed by atoms with Gasteiger partial charge in [-0.25, -0.2) is 17.9 Å². The van der Waals surface area contributed by atoms with E-state index in [0.717, 1.165) is 18.2 Å². The first-order valence-corrected chi connectivity index (χ1v) is 18.5. The number of hydrogen-bond donors (Lipinski definition) is 3. The SMILES string of the molecule is CCCCCCCCCCCCCCCc1cccc(OCCCNS(=O)(=O)c2ccc(Cl)c(N/C(=C/C(=O)O)OCC)c2)c1. The molecule has 3 N–H and O–H groups in total. The molecule has 10 heteroatoms. The van der Waals surface area contributed by atoms with Crippen LogP contribution in [0, 0.1) is 0 Å². The molecule has 0 bridgehead atoms. The Hall–Kier alpha value is -2.75. The van der Waals surface area contributed by atoms with E-state index in [1.165, 1.54) is 107 Å². The highest BCUT2D eigenvalue weighted by atomic mass is 35.5. The standard InChI is InChI=1S/C35H53ClN2O6S/c1-3-5-6-7-8-9-10-11-12-13-14-15-16-19-29-20-17-21-30(26-29)44-25-18-24-37-45(41,42)31-22-23-32(36)33(27-31)38-34(43-4-2)28-35(39)40/h17,20-23,26-28,37-38H,3-16,18-19,24-25H2,1-2H3,(H,39,40)/b34-28-. The number of carboxylic acids is 1. The number of ether oxygens (including phenoxy) is 2. The first-order valence-electron chi connectivity index (χ1n) is 16.6. The lowest BCUT2D eigenvalue weighted by Crippen LogP contribution is -2.26.